The molecule has 0 saturated carbocycles. The van der Waals surface area contributed by atoms with Crippen LogP contribution in [0.1, 0.15) is 27.2 Å². The maximum Gasteiger partial charge on any atom is 0.0397 e. The van der Waals surface area contributed by atoms with Gasteiger partial charge in [0, 0.05) is 30.2 Å². The van der Waals surface area contributed by atoms with Crippen LogP contribution < -0.4 is 5.32 Å². The lowest BCUT2D eigenvalue weighted by Crippen LogP contribution is -2.13. The van der Waals surface area contributed by atoms with Crippen molar-refractivity contribution in [2.75, 3.05) is 7.05 Å². The fourth-order valence-corrected chi connectivity index (χ4v) is 1.01. The van der Waals surface area contributed by atoms with Gasteiger partial charge in [0.25, 0.3) is 0 Å². The van der Waals surface area contributed by atoms with E-state index < -0.39 is 0 Å². The molecule has 2 nitrogen and oxygen atoms in total. The Bertz CT molecular complexity index is 279. The molecule has 14 heavy (non-hydrogen) atoms. The highest BCUT2D eigenvalue weighted by molar-refractivity contribution is 5.85. The minimum atomic E-state index is 0.863. The number of nitrogens with one attached hydrogen (secondary N) is 1. The number of hydrogen-bond acceptors (Lipinski definition) is 2. The number of allylic oxidation sites excluding steroid dienone is 3. The first-order valence-corrected chi connectivity index (χ1v) is 4.76. The van der Waals surface area contributed by atoms with Gasteiger partial charge in [-0.05, 0) is 20.3 Å². The lowest BCUT2D eigenvalue weighted by molar-refractivity contribution is 0.914. The molecule has 0 atom stereocenters. The van der Waals surface area contributed by atoms with Crippen LogP contribution in [0.25, 0.3) is 0 Å². The molecule has 0 aliphatic rings. The molecule has 0 aliphatic carbocycles. The highest BCUT2D eigenvalue weighted by atomic mass is 14.9. The Hall–Kier alpha value is -1.31. The zero-order valence-electron chi connectivity index (χ0n) is 9.65. The summed E-state index contributed by atoms with van der Waals surface area (Å²) < 4.78 is 0. The second-order valence-electron chi connectivity index (χ2n) is 3.36. The van der Waals surface area contributed by atoms with Gasteiger partial charge in [-0.2, -0.15) is 0 Å². The van der Waals surface area contributed by atoms with Gasteiger partial charge in [0.2, 0.25) is 0 Å². The Morgan fingerprint density at radius 2 is 1.93 bits per heavy atom. The van der Waals surface area contributed by atoms with Crippen LogP contribution in [0.5, 0.6) is 0 Å². The van der Waals surface area contributed by atoms with Crippen molar-refractivity contribution in [1.82, 2.24) is 5.32 Å². The third-order valence-electron chi connectivity index (χ3n) is 1.88. The van der Waals surface area contributed by atoms with Gasteiger partial charge < -0.3 is 5.32 Å². The SMILES string of the molecule is C=C(CC)NC(=C)C(C=NC)=C(C)C. The van der Waals surface area contributed by atoms with Crippen LogP contribution >= 0.6 is 0 Å². The molecule has 0 amide bonds. The number of nitrogens with zero attached hydrogens (tertiary/aromatic N) is 1. The maximum absolute atomic E-state index is 4.00. The van der Waals surface area contributed by atoms with Gasteiger partial charge in [0.15, 0.2) is 0 Å². The first kappa shape index (κ1) is 12.7. The van der Waals surface area contributed by atoms with Gasteiger partial charge in [0.1, 0.15) is 0 Å². The predicted molar refractivity (Wildman–Crippen MR) is 64.5 cm³/mol. The summed E-state index contributed by atoms with van der Waals surface area (Å²) in [4.78, 5) is 4.00. The number of aliphatic imine (C=N–C) groups is 1. The minimum Gasteiger partial charge on any atom is -0.359 e. The molecule has 0 aromatic heterocycles. The molecule has 0 aliphatic heterocycles. The summed E-state index contributed by atoms with van der Waals surface area (Å²) >= 11 is 0. The average molecular weight is 192 g/mol. The Kier molecular flexibility index (Phi) is 5.61. The van der Waals surface area contributed by atoms with Crippen LogP contribution in [0.15, 0.2) is 40.7 Å². The van der Waals surface area contributed by atoms with E-state index in [9.17, 15) is 0 Å². The normalized spacial score (nSPS) is 10.0. The maximum atomic E-state index is 4.00. The number of hydrogen-bond donors (Lipinski definition) is 1. The fraction of sp³-hybridized carbons (Fsp3) is 0.417. The van der Waals surface area contributed by atoms with Crippen LogP contribution in [0.2, 0.25) is 0 Å². The lowest BCUT2D eigenvalue weighted by atomic mass is 10.1. The van der Waals surface area contributed by atoms with E-state index in [1.54, 1.807) is 7.05 Å². The molecule has 0 spiro atoms. The van der Waals surface area contributed by atoms with Crippen LogP contribution in [-0.4, -0.2) is 13.3 Å². The van der Waals surface area contributed by atoms with E-state index in [1.165, 1.54) is 5.57 Å². The molecule has 0 aromatic carbocycles. The first-order valence-electron chi connectivity index (χ1n) is 4.76. The summed E-state index contributed by atoms with van der Waals surface area (Å²) in [6.45, 7) is 14.0. The highest BCUT2D eigenvalue weighted by Gasteiger charge is 2.02. The molecule has 0 bridgehead atoms. The molecule has 1 N–H and O–H groups in total. The molecule has 0 heterocycles. The zero-order valence-corrected chi connectivity index (χ0v) is 9.65. The van der Waals surface area contributed by atoms with E-state index in [4.69, 9.17) is 0 Å². The second-order valence-corrected chi connectivity index (χ2v) is 3.36. The van der Waals surface area contributed by atoms with E-state index in [0.29, 0.717) is 0 Å². The van der Waals surface area contributed by atoms with E-state index in [1.807, 2.05) is 20.1 Å². The Balaban J connectivity index is 4.64. The summed E-state index contributed by atoms with van der Waals surface area (Å²) in [5, 5.41) is 3.16. The largest absolute Gasteiger partial charge is 0.359 e. The third kappa shape index (κ3) is 4.08. The molecule has 0 saturated heterocycles. The smallest absolute Gasteiger partial charge is 0.0397 e. The van der Waals surface area contributed by atoms with Crippen molar-refractivity contribution in [2.45, 2.75) is 27.2 Å². The van der Waals surface area contributed by atoms with Crippen molar-refractivity contribution >= 4 is 6.21 Å². The van der Waals surface area contributed by atoms with Crippen molar-refractivity contribution in [3.8, 4) is 0 Å². The molecular formula is C12H20N2. The average Bonchev–Trinajstić information content (AvgIpc) is 2.13. The van der Waals surface area contributed by atoms with Crippen molar-refractivity contribution in [2.24, 2.45) is 4.99 Å². The number of rotatable bonds is 5. The molecule has 0 aromatic rings. The van der Waals surface area contributed by atoms with Crippen molar-refractivity contribution < 1.29 is 0 Å². The molecule has 2 heteroatoms. The lowest BCUT2D eigenvalue weighted by Gasteiger charge is -2.12. The van der Waals surface area contributed by atoms with Crippen molar-refractivity contribution in [1.29, 1.82) is 0 Å². The third-order valence-corrected chi connectivity index (χ3v) is 1.88. The molecule has 0 fully saturated rings. The van der Waals surface area contributed by atoms with Crippen LogP contribution in [-0.2, 0) is 0 Å². The Morgan fingerprint density at radius 1 is 1.36 bits per heavy atom. The first-order chi connectivity index (χ1) is 6.52. The summed E-state index contributed by atoms with van der Waals surface area (Å²) in [5.41, 5.74) is 4.07. The van der Waals surface area contributed by atoms with Crippen LogP contribution in [0, 0.1) is 0 Å². The monoisotopic (exact) mass is 192 g/mol. The van der Waals surface area contributed by atoms with E-state index in [0.717, 1.165) is 23.4 Å². The van der Waals surface area contributed by atoms with Gasteiger partial charge >= 0.3 is 0 Å². The van der Waals surface area contributed by atoms with E-state index >= 15 is 0 Å². The van der Waals surface area contributed by atoms with Crippen LogP contribution in [0.3, 0.4) is 0 Å². The highest BCUT2D eigenvalue weighted by Crippen LogP contribution is 2.10. The topological polar surface area (TPSA) is 24.4 Å². The molecule has 0 rings (SSSR count). The molecule has 0 unspecified atom stereocenters. The summed E-state index contributed by atoms with van der Waals surface area (Å²) in [6, 6.07) is 0. The Labute approximate surface area is 87.1 Å². The van der Waals surface area contributed by atoms with Gasteiger partial charge in [-0.1, -0.05) is 25.7 Å². The summed E-state index contributed by atoms with van der Waals surface area (Å²) in [7, 11) is 1.75. The zero-order chi connectivity index (χ0) is 11.1. The second kappa shape index (κ2) is 6.19. The van der Waals surface area contributed by atoms with Gasteiger partial charge in [-0.25, -0.2) is 0 Å². The van der Waals surface area contributed by atoms with Gasteiger partial charge in [0.05, 0.1) is 0 Å². The molecule has 0 radical (unpaired) electrons. The Morgan fingerprint density at radius 3 is 2.29 bits per heavy atom. The van der Waals surface area contributed by atoms with Crippen molar-refractivity contribution in [3.05, 3.63) is 35.7 Å². The predicted octanol–water partition coefficient (Wildman–Crippen LogP) is 3.05. The summed E-state index contributed by atoms with van der Waals surface area (Å²) in [6.07, 6.45) is 2.71. The quantitative estimate of drug-likeness (QED) is 0.525. The summed E-state index contributed by atoms with van der Waals surface area (Å²) in [5.74, 6) is 0. The molecule has 78 valence electrons. The van der Waals surface area contributed by atoms with Crippen molar-refractivity contribution in [3.63, 3.8) is 0 Å². The molecular weight excluding hydrogens is 172 g/mol. The van der Waals surface area contributed by atoms with E-state index in [2.05, 4.69) is 30.4 Å². The fourth-order valence-electron chi connectivity index (χ4n) is 1.01. The van der Waals surface area contributed by atoms with Gasteiger partial charge in [-0.3, -0.25) is 4.99 Å². The minimum absolute atomic E-state index is 0.863. The van der Waals surface area contributed by atoms with E-state index in [-0.39, 0.29) is 0 Å². The standard InChI is InChI=1S/C12H20N2/c1-7-10(4)14-11(5)12(8-13-6)9(2)3/h8,14H,4-5,7H2,1-3,6H3. The van der Waals surface area contributed by atoms with Gasteiger partial charge in [-0.15, -0.1) is 0 Å². The van der Waals surface area contributed by atoms with Crippen LogP contribution in [0.4, 0.5) is 0 Å².